The molecule has 0 fully saturated rings. The van der Waals surface area contributed by atoms with Gasteiger partial charge in [0.25, 0.3) is 5.91 Å². The molecule has 4 nitrogen and oxygen atoms in total. The molecular formula is C17H9Cl2F3N2O2. The topological polar surface area (TPSA) is 55.1 Å². The lowest BCUT2D eigenvalue weighted by molar-refractivity contribution is -0.137. The summed E-state index contributed by atoms with van der Waals surface area (Å²) in [5, 5.41) is 2.99. The van der Waals surface area contributed by atoms with E-state index >= 15 is 0 Å². The van der Waals surface area contributed by atoms with Crippen LogP contribution in [0.4, 0.5) is 18.9 Å². The predicted octanol–water partition coefficient (Wildman–Crippen LogP) is 5.92. The SMILES string of the molecule is O=C(Nc1cccc(C(F)(F)F)c1)c1coc(-c2ccc(Cl)c(Cl)c2)n1. The molecule has 0 spiro atoms. The molecule has 0 bridgehead atoms. The molecule has 0 saturated heterocycles. The number of anilines is 1. The summed E-state index contributed by atoms with van der Waals surface area (Å²) >= 11 is 11.8. The van der Waals surface area contributed by atoms with Crippen molar-refractivity contribution in [3.8, 4) is 11.5 Å². The number of alkyl halides is 3. The van der Waals surface area contributed by atoms with Crippen molar-refractivity contribution in [1.82, 2.24) is 4.98 Å². The number of rotatable bonds is 3. The van der Waals surface area contributed by atoms with Crippen LogP contribution in [0.3, 0.4) is 0 Å². The van der Waals surface area contributed by atoms with Crippen LogP contribution in [0.25, 0.3) is 11.5 Å². The van der Waals surface area contributed by atoms with Crippen LogP contribution in [-0.2, 0) is 6.18 Å². The second-order valence-electron chi connectivity index (χ2n) is 5.20. The van der Waals surface area contributed by atoms with Gasteiger partial charge in [-0.2, -0.15) is 13.2 Å². The molecule has 1 amide bonds. The zero-order valence-electron chi connectivity index (χ0n) is 12.8. The van der Waals surface area contributed by atoms with E-state index in [1.54, 1.807) is 12.1 Å². The first-order valence-corrected chi connectivity index (χ1v) is 7.89. The maximum atomic E-state index is 12.7. The van der Waals surface area contributed by atoms with Crippen molar-refractivity contribution in [1.29, 1.82) is 0 Å². The number of carbonyl (C=O) groups is 1. The van der Waals surface area contributed by atoms with Crippen LogP contribution in [-0.4, -0.2) is 10.9 Å². The number of amides is 1. The number of benzene rings is 2. The van der Waals surface area contributed by atoms with E-state index in [2.05, 4.69) is 10.3 Å². The van der Waals surface area contributed by atoms with Gasteiger partial charge in [-0.05, 0) is 36.4 Å². The summed E-state index contributed by atoms with van der Waals surface area (Å²) in [4.78, 5) is 16.2. The van der Waals surface area contributed by atoms with E-state index in [9.17, 15) is 18.0 Å². The largest absolute Gasteiger partial charge is 0.444 e. The molecule has 1 aromatic heterocycles. The fourth-order valence-corrected chi connectivity index (χ4v) is 2.41. The van der Waals surface area contributed by atoms with Crippen molar-refractivity contribution in [3.05, 3.63) is 70.0 Å². The Balaban J connectivity index is 1.79. The highest BCUT2D eigenvalue weighted by Gasteiger charge is 2.30. The third kappa shape index (κ3) is 4.00. The summed E-state index contributed by atoms with van der Waals surface area (Å²) in [7, 11) is 0. The number of hydrogen-bond acceptors (Lipinski definition) is 3. The van der Waals surface area contributed by atoms with Crippen molar-refractivity contribution in [3.63, 3.8) is 0 Å². The number of hydrogen-bond donors (Lipinski definition) is 1. The van der Waals surface area contributed by atoms with Gasteiger partial charge in [0.15, 0.2) is 5.69 Å². The van der Waals surface area contributed by atoms with E-state index in [0.29, 0.717) is 10.6 Å². The summed E-state index contributed by atoms with van der Waals surface area (Å²) in [6, 6.07) is 8.95. The summed E-state index contributed by atoms with van der Waals surface area (Å²) < 4.78 is 43.4. The maximum Gasteiger partial charge on any atom is 0.416 e. The highest BCUT2D eigenvalue weighted by atomic mass is 35.5. The standard InChI is InChI=1S/C17H9Cl2F3N2O2/c18-12-5-4-9(6-13(12)19)16-24-14(8-26-16)15(25)23-11-3-1-2-10(7-11)17(20,21)22/h1-8H,(H,23,25). The lowest BCUT2D eigenvalue weighted by Gasteiger charge is -2.09. The van der Waals surface area contributed by atoms with E-state index < -0.39 is 17.6 Å². The fourth-order valence-electron chi connectivity index (χ4n) is 2.11. The molecule has 1 heterocycles. The van der Waals surface area contributed by atoms with Crippen LogP contribution in [0.2, 0.25) is 10.0 Å². The van der Waals surface area contributed by atoms with E-state index in [0.717, 1.165) is 18.4 Å². The molecule has 0 unspecified atom stereocenters. The van der Waals surface area contributed by atoms with Crippen LogP contribution >= 0.6 is 23.2 Å². The number of nitrogens with one attached hydrogen (secondary N) is 1. The maximum absolute atomic E-state index is 12.7. The molecule has 1 N–H and O–H groups in total. The molecule has 134 valence electrons. The molecule has 2 aromatic carbocycles. The monoisotopic (exact) mass is 400 g/mol. The number of halogens is 5. The molecule has 0 aliphatic heterocycles. The minimum absolute atomic E-state index is 0.0103. The van der Waals surface area contributed by atoms with Crippen LogP contribution in [0.5, 0.6) is 0 Å². The highest BCUT2D eigenvalue weighted by molar-refractivity contribution is 6.42. The molecular weight excluding hydrogens is 392 g/mol. The summed E-state index contributed by atoms with van der Waals surface area (Å²) in [6.45, 7) is 0. The summed E-state index contributed by atoms with van der Waals surface area (Å²) in [6.07, 6.45) is -3.41. The van der Waals surface area contributed by atoms with Crippen LogP contribution in [0.1, 0.15) is 16.1 Å². The Labute approximate surface area is 155 Å². The van der Waals surface area contributed by atoms with Crippen LogP contribution < -0.4 is 5.32 Å². The van der Waals surface area contributed by atoms with E-state index in [4.69, 9.17) is 27.6 Å². The smallest absolute Gasteiger partial charge is 0.416 e. The van der Waals surface area contributed by atoms with Crippen molar-refractivity contribution in [2.45, 2.75) is 6.18 Å². The van der Waals surface area contributed by atoms with E-state index in [-0.39, 0.29) is 22.3 Å². The number of aromatic nitrogens is 1. The highest BCUT2D eigenvalue weighted by Crippen LogP contribution is 2.31. The molecule has 3 rings (SSSR count). The average Bonchev–Trinajstić information content (AvgIpc) is 3.07. The van der Waals surface area contributed by atoms with Gasteiger partial charge in [-0.25, -0.2) is 4.98 Å². The molecule has 9 heteroatoms. The van der Waals surface area contributed by atoms with Crippen molar-refractivity contribution in [2.75, 3.05) is 5.32 Å². The zero-order chi connectivity index (χ0) is 18.9. The minimum atomic E-state index is -4.50. The number of carbonyl (C=O) groups excluding carboxylic acids is 1. The van der Waals surface area contributed by atoms with Gasteiger partial charge in [0.05, 0.1) is 15.6 Å². The predicted molar refractivity (Wildman–Crippen MR) is 91.4 cm³/mol. The van der Waals surface area contributed by atoms with Gasteiger partial charge in [-0.3, -0.25) is 4.79 Å². The average molecular weight is 401 g/mol. The Morgan fingerprint density at radius 3 is 2.54 bits per heavy atom. The second kappa shape index (κ2) is 7.01. The molecule has 0 aliphatic carbocycles. The van der Waals surface area contributed by atoms with Gasteiger partial charge in [-0.15, -0.1) is 0 Å². The molecule has 0 saturated carbocycles. The van der Waals surface area contributed by atoms with E-state index in [1.165, 1.54) is 18.2 Å². The van der Waals surface area contributed by atoms with Crippen molar-refractivity contribution >= 4 is 34.8 Å². The Bertz CT molecular complexity index is 971. The van der Waals surface area contributed by atoms with Gasteiger partial charge < -0.3 is 9.73 Å². The summed E-state index contributed by atoms with van der Waals surface area (Å²) in [5.74, 6) is -0.586. The van der Waals surface area contributed by atoms with Crippen LogP contribution in [0.15, 0.2) is 53.1 Å². The quantitative estimate of drug-likeness (QED) is 0.593. The molecule has 0 radical (unpaired) electrons. The first-order chi connectivity index (χ1) is 12.2. The number of nitrogens with zero attached hydrogens (tertiary/aromatic N) is 1. The minimum Gasteiger partial charge on any atom is -0.444 e. The van der Waals surface area contributed by atoms with Gasteiger partial charge in [0, 0.05) is 11.3 Å². The van der Waals surface area contributed by atoms with Crippen molar-refractivity contribution < 1.29 is 22.4 Å². The van der Waals surface area contributed by atoms with Crippen molar-refractivity contribution in [2.24, 2.45) is 0 Å². The zero-order valence-corrected chi connectivity index (χ0v) is 14.3. The molecule has 0 aliphatic rings. The fraction of sp³-hybridized carbons (Fsp3) is 0.0588. The van der Waals surface area contributed by atoms with Gasteiger partial charge in [-0.1, -0.05) is 29.3 Å². The molecule has 3 aromatic rings. The number of oxazole rings is 1. The van der Waals surface area contributed by atoms with Gasteiger partial charge >= 0.3 is 6.18 Å². The van der Waals surface area contributed by atoms with E-state index in [1.807, 2.05) is 0 Å². The van der Waals surface area contributed by atoms with Crippen LogP contribution in [0, 0.1) is 0 Å². The third-order valence-corrected chi connectivity index (χ3v) is 4.09. The lowest BCUT2D eigenvalue weighted by Crippen LogP contribution is -2.13. The molecule has 0 atom stereocenters. The second-order valence-corrected chi connectivity index (χ2v) is 6.01. The first-order valence-electron chi connectivity index (χ1n) is 7.13. The Morgan fingerprint density at radius 2 is 1.85 bits per heavy atom. The third-order valence-electron chi connectivity index (χ3n) is 3.35. The van der Waals surface area contributed by atoms with Gasteiger partial charge in [0.1, 0.15) is 6.26 Å². The lowest BCUT2D eigenvalue weighted by atomic mass is 10.2. The van der Waals surface area contributed by atoms with Gasteiger partial charge in [0.2, 0.25) is 5.89 Å². The summed E-state index contributed by atoms with van der Waals surface area (Å²) in [5.41, 5.74) is -0.475. The Kier molecular flexibility index (Phi) is 4.93. The normalized spacial score (nSPS) is 11.4. The Hall–Kier alpha value is -2.51. The first kappa shape index (κ1) is 18.3. The Morgan fingerprint density at radius 1 is 1.08 bits per heavy atom. The molecule has 26 heavy (non-hydrogen) atoms.